The van der Waals surface area contributed by atoms with E-state index in [0.717, 1.165) is 4.89 Å². The molecule has 0 unspecified atom stereocenters. The van der Waals surface area contributed by atoms with E-state index in [1.807, 2.05) is 0 Å². The lowest BCUT2D eigenvalue weighted by molar-refractivity contribution is 0.241. The Morgan fingerprint density at radius 3 is 3.00 bits per heavy atom. The van der Waals surface area contributed by atoms with Crippen molar-refractivity contribution in [3.8, 4) is 0 Å². The minimum absolute atomic E-state index is 0.0778. The lowest BCUT2D eigenvalue weighted by Gasteiger charge is -1.93. The topological polar surface area (TPSA) is 105 Å². The molecule has 0 aromatic carbocycles. The Labute approximate surface area is 78.4 Å². The molecule has 2 N–H and O–H groups in total. The normalized spacial score (nSPS) is 12.1. The summed E-state index contributed by atoms with van der Waals surface area (Å²) in [5.41, 5.74) is 0.315. The van der Waals surface area contributed by atoms with Crippen LogP contribution in [-0.4, -0.2) is 23.8 Å². The van der Waals surface area contributed by atoms with Crippen LogP contribution < -0.4 is 4.89 Å². The molecule has 0 radical (unpaired) electrons. The summed E-state index contributed by atoms with van der Waals surface area (Å²) in [6.07, 6.45) is 1.40. The highest BCUT2D eigenvalue weighted by atomic mass is 32.2. The lowest BCUT2D eigenvalue weighted by atomic mass is 10.4. The molecule has 0 bridgehead atoms. The van der Waals surface area contributed by atoms with Gasteiger partial charge in [0.1, 0.15) is 0 Å². The summed E-state index contributed by atoms with van der Waals surface area (Å²) >= 11 is 0. The van der Waals surface area contributed by atoms with Crippen LogP contribution in [0.1, 0.15) is 0 Å². The van der Waals surface area contributed by atoms with Crippen LogP contribution in [0.5, 0.6) is 0 Å². The Bertz CT molecular complexity index is 561. The maximum Gasteiger partial charge on any atom is 0.285 e. The van der Waals surface area contributed by atoms with Gasteiger partial charge in [-0.05, 0) is 12.1 Å². The second kappa shape index (κ2) is 3.01. The van der Waals surface area contributed by atoms with Crippen LogP contribution in [0.3, 0.4) is 0 Å². The molecule has 2 rings (SSSR count). The largest absolute Gasteiger partial charge is 0.353 e. The Morgan fingerprint density at radius 1 is 1.50 bits per heavy atom. The van der Waals surface area contributed by atoms with Crippen molar-refractivity contribution in [2.24, 2.45) is 0 Å². The fourth-order valence-corrected chi connectivity index (χ4v) is 1.61. The van der Waals surface area contributed by atoms with Gasteiger partial charge in [-0.1, -0.05) is 10.0 Å². The van der Waals surface area contributed by atoms with Crippen LogP contribution >= 0.6 is 0 Å². The number of fused-ring (bicyclic) bond motifs is 1. The minimum atomic E-state index is -4.04. The van der Waals surface area contributed by atoms with E-state index in [4.69, 9.17) is 9.73 Å². The van der Waals surface area contributed by atoms with E-state index in [2.05, 4.69) is 10.1 Å². The van der Waals surface area contributed by atoms with Crippen LogP contribution in [-0.2, 0) is 10.0 Å². The molecule has 7 nitrogen and oxygen atoms in total. The van der Waals surface area contributed by atoms with Crippen molar-refractivity contribution < 1.29 is 18.1 Å². The standard InChI is InChI=1S/C6H5N3O4S/c10-9-14(11,12)6-5-4(13-8-6)2-1-3-7-5/h1-3,9-10H. The SMILES string of the molecule is O=S(=O)(NO)c1noc2cccnc12. The maximum atomic E-state index is 11.2. The van der Waals surface area contributed by atoms with Gasteiger partial charge in [0, 0.05) is 6.20 Å². The van der Waals surface area contributed by atoms with Crippen molar-refractivity contribution in [1.29, 1.82) is 0 Å². The van der Waals surface area contributed by atoms with E-state index in [1.54, 1.807) is 6.07 Å². The molecule has 74 valence electrons. The van der Waals surface area contributed by atoms with Crippen LogP contribution in [0.15, 0.2) is 27.9 Å². The van der Waals surface area contributed by atoms with Gasteiger partial charge >= 0.3 is 0 Å². The first-order valence-corrected chi connectivity index (χ1v) is 5.00. The first-order chi connectivity index (χ1) is 6.65. The summed E-state index contributed by atoms with van der Waals surface area (Å²) < 4.78 is 27.0. The van der Waals surface area contributed by atoms with Gasteiger partial charge in [-0.3, -0.25) is 0 Å². The monoisotopic (exact) mass is 215 g/mol. The zero-order chi connectivity index (χ0) is 10.2. The predicted octanol–water partition coefficient (Wildman–Crippen LogP) is -0.110. The predicted molar refractivity (Wildman–Crippen MR) is 43.9 cm³/mol. The van der Waals surface area contributed by atoms with E-state index < -0.39 is 15.0 Å². The quantitative estimate of drug-likeness (QED) is 0.677. The van der Waals surface area contributed by atoms with Crippen LogP contribution in [0, 0.1) is 0 Å². The van der Waals surface area contributed by atoms with E-state index in [-0.39, 0.29) is 11.1 Å². The van der Waals surface area contributed by atoms with E-state index in [9.17, 15) is 8.42 Å². The number of pyridine rings is 1. The number of sulfonamides is 1. The maximum absolute atomic E-state index is 11.2. The first kappa shape index (κ1) is 9.06. The minimum Gasteiger partial charge on any atom is -0.353 e. The van der Waals surface area contributed by atoms with Crippen molar-refractivity contribution in [2.75, 3.05) is 0 Å². The fourth-order valence-electron chi connectivity index (χ4n) is 0.978. The molecule has 14 heavy (non-hydrogen) atoms. The lowest BCUT2D eigenvalue weighted by Crippen LogP contribution is -2.20. The summed E-state index contributed by atoms with van der Waals surface area (Å²) in [4.78, 5) is 4.91. The second-order valence-electron chi connectivity index (χ2n) is 2.43. The third kappa shape index (κ3) is 1.25. The highest BCUT2D eigenvalue weighted by Gasteiger charge is 2.22. The van der Waals surface area contributed by atoms with Crippen molar-refractivity contribution in [3.05, 3.63) is 18.3 Å². The number of nitrogens with zero attached hydrogens (tertiary/aromatic N) is 2. The van der Waals surface area contributed by atoms with Gasteiger partial charge in [-0.15, -0.1) is 0 Å². The number of hydrogen-bond acceptors (Lipinski definition) is 6. The highest BCUT2D eigenvalue weighted by molar-refractivity contribution is 7.89. The molecule has 0 atom stereocenters. The molecule has 0 fully saturated rings. The van der Waals surface area contributed by atoms with Gasteiger partial charge in [-0.2, -0.15) is 0 Å². The second-order valence-corrected chi connectivity index (χ2v) is 4.01. The first-order valence-electron chi connectivity index (χ1n) is 3.51. The molecule has 0 spiro atoms. The Balaban J connectivity index is 2.77. The Kier molecular flexibility index (Phi) is 1.95. The van der Waals surface area contributed by atoms with Crippen molar-refractivity contribution >= 4 is 21.1 Å². The molecule has 8 heteroatoms. The van der Waals surface area contributed by atoms with Gasteiger partial charge in [0.2, 0.25) is 5.03 Å². The average Bonchev–Trinajstić information content (AvgIpc) is 2.61. The molecule has 2 aromatic heterocycles. The molecular formula is C6H5N3O4S. The molecule has 0 saturated heterocycles. The summed E-state index contributed by atoms with van der Waals surface area (Å²) in [7, 11) is -4.04. The summed E-state index contributed by atoms with van der Waals surface area (Å²) in [5, 5.41) is 11.2. The highest BCUT2D eigenvalue weighted by Crippen LogP contribution is 2.18. The van der Waals surface area contributed by atoms with Crippen LogP contribution in [0.2, 0.25) is 0 Å². The average molecular weight is 215 g/mol. The molecule has 0 amide bonds. The Hall–Kier alpha value is -1.51. The third-order valence-electron chi connectivity index (χ3n) is 1.57. The number of rotatable bonds is 2. The molecule has 0 aliphatic heterocycles. The van der Waals surface area contributed by atoms with E-state index in [1.165, 1.54) is 12.3 Å². The van der Waals surface area contributed by atoms with Gasteiger partial charge in [0.25, 0.3) is 10.0 Å². The molecule has 2 aromatic rings. The van der Waals surface area contributed by atoms with E-state index >= 15 is 0 Å². The number of aromatic nitrogens is 2. The summed E-state index contributed by atoms with van der Waals surface area (Å²) in [6, 6.07) is 3.10. The van der Waals surface area contributed by atoms with E-state index in [0.29, 0.717) is 0 Å². The summed E-state index contributed by atoms with van der Waals surface area (Å²) in [5.74, 6) is 0. The smallest absolute Gasteiger partial charge is 0.285 e. The van der Waals surface area contributed by atoms with Crippen molar-refractivity contribution in [2.45, 2.75) is 5.03 Å². The number of hydrogen-bond donors (Lipinski definition) is 2. The Morgan fingerprint density at radius 2 is 2.29 bits per heavy atom. The van der Waals surface area contributed by atoms with Gasteiger partial charge in [-0.25, -0.2) is 13.4 Å². The zero-order valence-electron chi connectivity index (χ0n) is 6.71. The zero-order valence-corrected chi connectivity index (χ0v) is 7.52. The molecule has 0 saturated carbocycles. The van der Waals surface area contributed by atoms with Gasteiger partial charge < -0.3 is 9.73 Å². The van der Waals surface area contributed by atoms with Crippen LogP contribution in [0.4, 0.5) is 0 Å². The van der Waals surface area contributed by atoms with Crippen molar-refractivity contribution in [3.63, 3.8) is 0 Å². The molecule has 2 heterocycles. The summed E-state index contributed by atoms with van der Waals surface area (Å²) in [6.45, 7) is 0. The molecular weight excluding hydrogens is 210 g/mol. The van der Waals surface area contributed by atoms with Gasteiger partial charge in [0.05, 0.1) is 0 Å². The van der Waals surface area contributed by atoms with Gasteiger partial charge in [0.15, 0.2) is 11.1 Å². The van der Waals surface area contributed by atoms with Crippen molar-refractivity contribution in [1.82, 2.24) is 15.0 Å². The number of nitrogens with one attached hydrogen (secondary N) is 1. The third-order valence-corrected chi connectivity index (χ3v) is 2.59. The van der Waals surface area contributed by atoms with Crippen LogP contribution in [0.25, 0.3) is 11.1 Å². The fraction of sp³-hybridized carbons (Fsp3) is 0. The molecule has 0 aliphatic carbocycles. The molecule has 0 aliphatic rings.